The summed E-state index contributed by atoms with van der Waals surface area (Å²) in [5.41, 5.74) is 0. The molecule has 9 heteroatoms. The van der Waals surface area contributed by atoms with Gasteiger partial charge in [0, 0.05) is 12.8 Å². The highest BCUT2D eigenvalue weighted by Crippen LogP contribution is 2.19. The summed E-state index contributed by atoms with van der Waals surface area (Å²) in [6.07, 6.45) is 89.5. The van der Waals surface area contributed by atoms with E-state index in [-0.39, 0.29) is 32.2 Å². The summed E-state index contributed by atoms with van der Waals surface area (Å²) in [7, 11) is 5.94. The number of allylic oxidation sites excluding steroid dienone is 8. The molecule has 0 N–H and O–H groups in total. The molecule has 0 saturated carbocycles. The number of hydrogen-bond acceptors (Lipinski definition) is 8. The normalized spacial score (nSPS) is 12.9. The quantitative estimate of drug-likeness (QED) is 0.0195. The lowest BCUT2D eigenvalue weighted by Crippen LogP contribution is -2.44. The highest BCUT2D eigenvalue weighted by Gasteiger charge is 2.22. The van der Waals surface area contributed by atoms with Gasteiger partial charge < -0.3 is 33.3 Å². The molecule has 0 aromatic heterocycles. The molecule has 0 fully saturated rings. The average Bonchev–Trinajstić information content (AvgIpc) is 3.64. The fourth-order valence-corrected chi connectivity index (χ4v) is 11.6. The van der Waals surface area contributed by atoms with E-state index in [1.807, 2.05) is 21.1 Å². The van der Waals surface area contributed by atoms with Crippen LogP contribution in [-0.4, -0.2) is 82.3 Å². The topological polar surface area (TPSA) is 111 Å². The molecular formula is C80H149NO8. The van der Waals surface area contributed by atoms with Crippen LogP contribution < -0.4 is 5.11 Å². The SMILES string of the molecule is CCCCCCC/C=C\C/C=C\C/C=C\CCCCCCCCCCC(=O)OC(COC(=O)CCCCCCCCCCCCCCCCCCCCCCCCCCCCCCC/C=C\CCCCCCCCCC)COC(OCC[N+](C)(C)C)C(=O)[O-]. The third-order valence-corrected chi connectivity index (χ3v) is 17.5. The third kappa shape index (κ3) is 72.5. The second-order valence-electron chi connectivity index (χ2n) is 27.6. The molecule has 2 atom stereocenters. The maximum absolute atomic E-state index is 12.9. The maximum Gasteiger partial charge on any atom is 0.306 e. The molecule has 0 spiro atoms. The first-order chi connectivity index (χ1) is 43.6. The van der Waals surface area contributed by atoms with E-state index < -0.39 is 24.3 Å². The van der Waals surface area contributed by atoms with Gasteiger partial charge in [0.15, 0.2) is 12.4 Å². The van der Waals surface area contributed by atoms with Crippen molar-refractivity contribution in [3.63, 3.8) is 0 Å². The van der Waals surface area contributed by atoms with E-state index in [0.29, 0.717) is 23.9 Å². The molecule has 0 amide bonds. The second kappa shape index (κ2) is 71.1. The fourth-order valence-electron chi connectivity index (χ4n) is 11.6. The summed E-state index contributed by atoms with van der Waals surface area (Å²) in [5, 5.41) is 11.8. The Morgan fingerprint density at radius 2 is 0.607 bits per heavy atom. The second-order valence-corrected chi connectivity index (χ2v) is 27.6. The van der Waals surface area contributed by atoms with Crippen molar-refractivity contribution in [2.45, 2.75) is 399 Å². The first-order valence-electron chi connectivity index (χ1n) is 38.8. The minimum absolute atomic E-state index is 0.147. The van der Waals surface area contributed by atoms with Gasteiger partial charge in [0.05, 0.1) is 40.3 Å². The van der Waals surface area contributed by atoms with Crippen molar-refractivity contribution in [1.29, 1.82) is 0 Å². The van der Waals surface area contributed by atoms with Crippen LogP contribution in [-0.2, 0) is 33.3 Å². The highest BCUT2D eigenvalue weighted by molar-refractivity contribution is 5.70. The monoisotopic (exact) mass is 1250 g/mol. The van der Waals surface area contributed by atoms with Gasteiger partial charge in [0.1, 0.15) is 13.2 Å². The number of carbonyl (C=O) groups is 3. The number of quaternary nitrogens is 1. The summed E-state index contributed by atoms with van der Waals surface area (Å²) in [4.78, 5) is 37.5. The van der Waals surface area contributed by atoms with Gasteiger partial charge in [-0.05, 0) is 77.0 Å². The fraction of sp³-hybridized carbons (Fsp3) is 0.863. The van der Waals surface area contributed by atoms with Crippen molar-refractivity contribution in [2.75, 3.05) is 47.5 Å². The molecule has 522 valence electrons. The van der Waals surface area contributed by atoms with Gasteiger partial charge in [0.25, 0.3) is 0 Å². The van der Waals surface area contributed by atoms with Gasteiger partial charge in [-0.1, -0.05) is 345 Å². The van der Waals surface area contributed by atoms with Crippen LogP contribution in [0.3, 0.4) is 0 Å². The number of unbranched alkanes of at least 4 members (excludes halogenated alkanes) is 50. The van der Waals surface area contributed by atoms with Crippen LogP contribution in [0.15, 0.2) is 48.6 Å². The zero-order valence-electron chi connectivity index (χ0n) is 59.8. The first-order valence-corrected chi connectivity index (χ1v) is 38.8. The highest BCUT2D eigenvalue weighted by atomic mass is 16.7. The molecule has 9 nitrogen and oxygen atoms in total. The van der Waals surface area contributed by atoms with Gasteiger partial charge in [0.2, 0.25) is 0 Å². The number of likely N-dealkylation sites (N-methyl/N-ethyl adjacent to an activating group) is 1. The summed E-state index contributed by atoms with van der Waals surface area (Å²) in [5.74, 6) is -2.27. The van der Waals surface area contributed by atoms with E-state index in [1.54, 1.807) is 0 Å². The van der Waals surface area contributed by atoms with Gasteiger partial charge >= 0.3 is 11.9 Å². The summed E-state index contributed by atoms with van der Waals surface area (Å²) in [6.45, 7) is 4.78. The molecule has 0 radical (unpaired) electrons. The van der Waals surface area contributed by atoms with Gasteiger partial charge in [-0.3, -0.25) is 9.59 Å². The lowest BCUT2D eigenvalue weighted by molar-refractivity contribution is -0.870. The lowest BCUT2D eigenvalue weighted by Gasteiger charge is -2.26. The number of nitrogens with zero attached hydrogens (tertiary/aromatic N) is 1. The van der Waals surface area contributed by atoms with E-state index in [2.05, 4.69) is 62.5 Å². The Balaban J connectivity index is 3.94. The Hall–Kier alpha value is -2.75. The summed E-state index contributed by atoms with van der Waals surface area (Å²) >= 11 is 0. The number of hydrogen-bond donors (Lipinski definition) is 0. The molecule has 89 heavy (non-hydrogen) atoms. The number of ether oxygens (including phenoxy) is 4. The molecule has 0 aliphatic carbocycles. The van der Waals surface area contributed by atoms with Crippen LogP contribution in [0.25, 0.3) is 0 Å². The maximum atomic E-state index is 12.9. The van der Waals surface area contributed by atoms with Gasteiger partial charge in [-0.15, -0.1) is 0 Å². The van der Waals surface area contributed by atoms with Gasteiger partial charge in [-0.2, -0.15) is 0 Å². The van der Waals surface area contributed by atoms with Crippen LogP contribution >= 0.6 is 0 Å². The Kier molecular flexibility index (Phi) is 68.9. The third-order valence-electron chi connectivity index (χ3n) is 17.5. The molecule has 0 aromatic carbocycles. The number of carboxylic acid groups (broad SMARTS) is 1. The number of esters is 2. The minimum Gasteiger partial charge on any atom is -0.545 e. The van der Waals surface area contributed by atoms with E-state index in [9.17, 15) is 19.5 Å². The van der Waals surface area contributed by atoms with Crippen LogP contribution in [0.2, 0.25) is 0 Å². The predicted molar refractivity (Wildman–Crippen MR) is 380 cm³/mol. The average molecular weight is 1250 g/mol. The molecule has 0 heterocycles. The van der Waals surface area contributed by atoms with Crippen molar-refractivity contribution in [3.8, 4) is 0 Å². The molecule has 0 aliphatic heterocycles. The number of aliphatic carboxylic acids is 1. The van der Waals surface area contributed by atoms with Crippen LogP contribution in [0.4, 0.5) is 0 Å². The van der Waals surface area contributed by atoms with Crippen LogP contribution in [0, 0.1) is 0 Å². The molecule has 0 rings (SSSR count). The Morgan fingerprint density at radius 3 is 0.910 bits per heavy atom. The van der Waals surface area contributed by atoms with Crippen molar-refractivity contribution in [3.05, 3.63) is 48.6 Å². The lowest BCUT2D eigenvalue weighted by atomic mass is 10.0. The van der Waals surface area contributed by atoms with E-state index in [1.165, 1.54) is 295 Å². The first kappa shape index (κ1) is 86.2. The van der Waals surface area contributed by atoms with Crippen molar-refractivity contribution in [1.82, 2.24) is 0 Å². The molecule has 0 aliphatic rings. The Morgan fingerprint density at radius 1 is 0.337 bits per heavy atom. The zero-order valence-corrected chi connectivity index (χ0v) is 59.8. The van der Waals surface area contributed by atoms with Crippen LogP contribution in [0.5, 0.6) is 0 Å². The number of rotatable bonds is 73. The molecular weight excluding hydrogens is 1100 g/mol. The van der Waals surface area contributed by atoms with Crippen molar-refractivity contribution >= 4 is 17.9 Å². The Bertz CT molecular complexity index is 1600. The minimum atomic E-state index is -1.62. The standard InChI is InChI=1S/C80H149NO8/c1-6-8-10-12-14-16-18-20-22-24-26-28-30-31-32-33-34-35-36-37-38-39-40-41-42-43-44-45-46-47-49-50-52-54-56-58-60-62-64-66-68-70-77(82)87-74-76(75-88-80(79(84)85)86-73-72-81(3,4)5)89-78(83)71-69-67-65-63-61-59-57-55-53-51-48-29-27-25-23-21-19-17-15-13-11-9-7-2/h19,21,24-27,48,51,76,80H,6-18,20,22-23,28-47,49-50,52-75H2,1-5H3/b21-19-,26-24-,27-25-,51-48-. The van der Waals surface area contributed by atoms with Crippen molar-refractivity contribution in [2.24, 2.45) is 0 Å². The van der Waals surface area contributed by atoms with Gasteiger partial charge in [-0.25, -0.2) is 0 Å². The Labute approximate surface area is 553 Å². The largest absolute Gasteiger partial charge is 0.545 e. The van der Waals surface area contributed by atoms with E-state index in [4.69, 9.17) is 18.9 Å². The van der Waals surface area contributed by atoms with Crippen molar-refractivity contribution < 1.29 is 42.9 Å². The summed E-state index contributed by atoms with van der Waals surface area (Å²) in [6, 6.07) is 0. The molecule has 2 unspecified atom stereocenters. The summed E-state index contributed by atoms with van der Waals surface area (Å²) < 4.78 is 22.8. The van der Waals surface area contributed by atoms with E-state index in [0.717, 1.165) is 57.8 Å². The number of carboxylic acids is 1. The van der Waals surface area contributed by atoms with E-state index >= 15 is 0 Å². The number of carbonyl (C=O) groups excluding carboxylic acids is 3. The zero-order chi connectivity index (χ0) is 64.7. The van der Waals surface area contributed by atoms with Crippen LogP contribution in [0.1, 0.15) is 386 Å². The molecule has 0 saturated heterocycles. The predicted octanol–water partition coefficient (Wildman–Crippen LogP) is 23.1. The molecule has 0 aromatic rings. The smallest absolute Gasteiger partial charge is 0.306 e. The molecule has 0 bridgehead atoms.